The lowest BCUT2D eigenvalue weighted by Gasteiger charge is -2.28. The predicted molar refractivity (Wildman–Crippen MR) is 231 cm³/mol. The number of esters is 1. The molecule has 0 aliphatic rings. The molecule has 0 aliphatic carbocycles. The van der Waals surface area contributed by atoms with Crippen molar-refractivity contribution in [3.05, 3.63) is 85.1 Å². The van der Waals surface area contributed by atoms with Gasteiger partial charge in [-0.1, -0.05) is 144 Å². The number of carbonyl (C=O) groups is 1. The summed E-state index contributed by atoms with van der Waals surface area (Å²) in [5.41, 5.74) is 0. The Morgan fingerprint density at radius 1 is 0.582 bits per heavy atom. The second kappa shape index (κ2) is 38.5. The van der Waals surface area contributed by atoms with Crippen molar-refractivity contribution >= 4 is 13.8 Å². The van der Waals surface area contributed by atoms with Crippen LogP contribution in [-0.2, 0) is 27.9 Å². The summed E-state index contributed by atoms with van der Waals surface area (Å²) in [5.74, 6) is -0.371. The molecule has 0 radical (unpaired) electrons. The van der Waals surface area contributed by atoms with E-state index in [1.165, 1.54) is 44.9 Å². The van der Waals surface area contributed by atoms with Gasteiger partial charge in [0.25, 0.3) is 7.82 Å². The van der Waals surface area contributed by atoms with Crippen LogP contribution >= 0.6 is 7.82 Å². The number of likely N-dealkylation sites (N-methyl/N-ethyl adjacent to an activating group) is 1. The average molecular weight is 790 g/mol. The van der Waals surface area contributed by atoms with Gasteiger partial charge in [-0.3, -0.25) is 9.36 Å². The molecule has 316 valence electrons. The number of ether oxygens (including phenoxy) is 2. The summed E-state index contributed by atoms with van der Waals surface area (Å²) in [7, 11) is 1.29. The Hall–Kier alpha value is -2.32. The fourth-order valence-corrected chi connectivity index (χ4v) is 5.90. The third-order valence-corrected chi connectivity index (χ3v) is 9.41. The summed E-state index contributed by atoms with van der Waals surface area (Å²) >= 11 is 0. The minimum atomic E-state index is -4.55. The summed E-state index contributed by atoms with van der Waals surface area (Å²) in [6.07, 6.45) is 50.4. The predicted octanol–water partition coefficient (Wildman–Crippen LogP) is 11.9. The van der Waals surface area contributed by atoms with Gasteiger partial charge in [0.05, 0.1) is 41.0 Å². The number of carbonyl (C=O) groups excluding carboxylic acids is 1. The number of phosphoric ester groups is 1. The molecule has 0 rings (SSSR count). The first kappa shape index (κ1) is 52.7. The van der Waals surface area contributed by atoms with E-state index in [0.717, 1.165) is 70.6 Å². The molecule has 0 saturated heterocycles. The number of unbranched alkanes of at least 4 members (excludes halogenated alkanes) is 10. The summed E-state index contributed by atoms with van der Waals surface area (Å²) in [6, 6.07) is 0. The highest BCUT2D eigenvalue weighted by Gasteiger charge is 2.20. The van der Waals surface area contributed by atoms with Crippen molar-refractivity contribution in [2.75, 3.05) is 54.1 Å². The van der Waals surface area contributed by atoms with Crippen LogP contribution in [0.3, 0.4) is 0 Å². The number of allylic oxidation sites excluding steroid dienone is 13. The van der Waals surface area contributed by atoms with Gasteiger partial charge >= 0.3 is 5.97 Å². The molecule has 55 heavy (non-hydrogen) atoms. The van der Waals surface area contributed by atoms with Gasteiger partial charge < -0.3 is 27.9 Å². The van der Waals surface area contributed by atoms with Crippen molar-refractivity contribution in [2.24, 2.45) is 0 Å². The van der Waals surface area contributed by atoms with Crippen LogP contribution < -0.4 is 4.89 Å². The minimum Gasteiger partial charge on any atom is -0.756 e. The molecule has 0 heterocycles. The Bertz CT molecular complexity index is 1150. The number of hydrogen-bond donors (Lipinski definition) is 0. The monoisotopic (exact) mass is 790 g/mol. The maximum absolute atomic E-state index is 12.7. The van der Waals surface area contributed by atoms with Crippen LogP contribution in [0.15, 0.2) is 85.1 Å². The van der Waals surface area contributed by atoms with Gasteiger partial charge in [-0.15, -0.1) is 0 Å². The summed E-state index contributed by atoms with van der Waals surface area (Å²) < 4.78 is 34.4. The lowest BCUT2D eigenvalue weighted by Crippen LogP contribution is -2.37. The molecule has 0 spiro atoms. The maximum Gasteiger partial charge on any atom is 0.306 e. The fraction of sp³-hybridized carbons (Fsp3) is 0.674. The second-order valence-corrected chi connectivity index (χ2v) is 16.4. The second-order valence-electron chi connectivity index (χ2n) is 15.0. The van der Waals surface area contributed by atoms with Gasteiger partial charge in [-0.2, -0.15) is 0 Å². The quantitative estimate of drug-likeness (QED) is 0.0202. The fourth-order valence-electron chi connectivity index (χ4n) is 5.17. The number of rotatable bonds is 38. The lowest BCUT2D eigenvalue weighted by molar-refractivity contribution is -0.870. The van der Waals surface area contributed by atoms with Crippen LogP contribution in [0.5, 0.6) is 0 Å². The topological polar surface area (TPSA) is 94.1 Å². The Balaban J connectivity index is 4.40. The summed E-state index contributed by atoms with van der Waals surface area (Å²) in [5, 5.41) is 0. The lowest BCUT2D eigenvalue weighted by atomic mass is 10.1. The molecule has 0 fully saturated rings. The standard InChI is InChI=1S/C46H80NO7P/c1-6-8-10-12-14-16-18-20-22-24-25-27-29-31-33-35-37-39-46(48)54-45(44-53-55(49,50)52-42-40-47(3,4)5)43-51-41-38-36-34-32-30-28-26-23-21-19-17-15-13-11-9-7-2/h9,11,14-17,20-23,28,30,34,36,45H,6-8,10,12-13,18-19,24-27,29,31-33,35,37-44H2,1-5H3/b11-9-,16-14-,17-15-,22-20-,23-21-,30-28-,36-34-. The summed E-state index contributed by atoms with van der Waals surface area (Å²) in [6.45, 7) is 5.00. The van der Waals surface area contributed by atoms with Gasteiger partial charge in [-0.05, 0) is 77.0 Å². The van der Waals surface area contributed by atoms with E-state index in [9.17, 15) is 14.3 Å². The zero-order chi connectivity index (χ0) is 40.6. The molecule has 0 aromatic carbocycles. The molecule has 8 nitrogen and oxygen atoms in total. The van der Waals surface area contributed by atoms with E-state index < -0.39 is 13.9 Å². The molecule has 2 unspecified atom stereocenters. The highest BCUT2D eigenvalue weighted by atomic mass is 31.2. The van der Waals surface area contributed by atoms with Crippen LogP contribution in [0.1, 0.15) is 142 Å². The number of nitrogens with zero attached hydrogens (tertiary/aromatic N) is 1. The molecular formula is C46H80NO7P. The Morgan fingerprint density at radius 3 is 1.58 bits per heavy atom. The van der Waals surface area contributed by atoms with Gasteiger partial charge in [0.2, 0.25) is 0 Å². The average Bonchev–Trinajstić information content (AvgIpc) is 3.13. The van der Waals surface area contributed by atoms with Gasteiger partial charge in [0.15, 0.2) is 0 Å². The Morgan fingerprint density at radius 2 is 1.05 bits per heavy atom. The van der Waals surface area contributed by atoms with Crippen LogP contribution in [-0.4, -0.2) is 70.7 Å². The largest absolute Gasteiger partial charge is 0.756 e. The van der Waals surface area contributed by atoms with E-state index >= 15 is 0 Å². The minimum absolute atomic E-state index is 0.00660. The van der Waals surface area contributed by atoms with E-state index in [4.69, 9.17) is 18.5 Å². The normalized spacial score (nSPS) is 14.7. The van der Waals surface area contributed by atoms with Crippen LogP contribution in [0.4, 0.5) is 0 Å². The first-order valence-corrected chi connectivity index (χ1v) is 22.8. The molecule has 0 aromatic heterocycles. The van der Waals surface area contributed by atoms with E-state index in [2.05, 4.69) is 98.9 Å². The van der Waals surface area contributed by atoms with Crippen molar-refractivity contribution in [2.45, 2.75) is 148 Å². The molecule has 0 N–H and O–H groups in total. The van der Waals surface area contributed by atoms with Gasteiger partial charge in [0.1, 0.15) is 19.3 Å². The molecule has 0 aliphatic heterocycles. The number of phosphoric acid groups is 1. The third kappa shape index (κ3) is 42.7. The maximum atomic E-state index is 12.7. The van der Waals surface area contributed by atoms with Crippen LogP contribution in [0, 0.1) is 0 Å². The van der Waals surface area contributed by atoms with E-state index in [0.29, 0.717) is 24.1 Å². The van der Waals surface area contributed by atoms with E-state index in [1.54, 1.807) is 0 Å². The Kier molecular flexibility index (Phi) is 36.9. The highest BCUT2D eigenvalue weighted by Crippen LogP contribution is 2.38. The molecule has 9 heteroatoms. The van der Waals surface area contributed by atoms with Crippen molar-refractivity contribution in [1.29, 1.82) is 0 Å². The van der Waals surface area contributed by atoms with E-state index in [-0.39, 0.29) is 32.2 Å². The van der Waals surface area contributed by atoms with Crippen molar-refractivity contribution in [1.82, 2.24) is 0 Å². The molecule has 0 saturated carbocycles. The SMILES string of the molecule is CC/C=C\C/C=C\C/C=C\C/C=C\C/C=C\CCOCC(COP(=O)([O-])OCC[N+](C)(C)C)OC(=O)CCCCCCCCC/C=C\C/C=C\CCCCC. The molecule has 2 atom stereocenters. The Labute approximate surface area is 337 Å². The zero-order valence-electron chi connectivity index (χ0n) is 35.6. The van der Waals surface area contributed by atoms with Crippen molar-refractivity contribution in [3.8, 4) is 0 Å². The smallest absolute Gasteiger partial charge is 0.306 e. The molecule has 0 amide bonds. The zero-order valence-corrected chi connectivity index (χ0v) is 36.5. The van der Waals surface area contributed by atoms with Crippen molar-refractivity contribution in [3.63, 3.8) is 0 Å². The van der Waals surface area contributed by atoms with Crippen LogP contribution in [0.25, 0.3) is 0 Å². The summed E-state index contributed by atoms with van der Waals surface area (Å²) in [4.78, 5) is 25.0. The third-order valence-electron chi connectivity index (χ3n) is 8.45. The first-order valence-electron chi connectivity index (χ1n) is 21.3. The van der Waals surface area contributed by atoms with Gasteiger partial charge in [-0.25, -0.2) is 0 Å². The van der Waals surface area contributed by atoms with Crippen molar-refractivity contribution < 1.29 is 37.3 Å². The molecule has 0 aromatic rings. The molecule has 0 bridgehead atoms. The molecular weight excluding hydrogens is 709 g/mol. The number of quaternary nitrogens is 1. The van der Waals surface area contributed by atoms with Crippen LogP contribution in [0.2, 0.25) is 0 Å². The highest BCUT2D eigenvalue weighted by molar-refractivity contribution is 7.45. The first-order chi connectivity index (χ1) is 26.6. The van der Waals surface area contributed by atoms with E-state index in [1.807, 2.05) is 21.1 Å². The number of hydrogen-bond acceptors (Lipinski definition) is 7. The van der Waals surface area contributed by atoms with Gasteiger partial charge in [0, 0.05) is 6.42 Å².